The topological polar surface area (TPSA) is 70.2 Å². The van der Waals surface area contributed by atoms with Gasteiger partial charge in [0.1, 0.15) is 18.2 Å². The van der Waals surface area contributed by atoms with Crippen LogP contribution >= 0.6 is 0 Å². The molecule has 2 aromatic carbocycles. The lowest BCUT2D eigenvalue weighted by Crippen LogP contribution is -2.48. The van der Waals surface area contributed by atoms with Gasteiger partial charge in [0.15, 0.2) is 5.69 Å². The lowest BCUT2D eigenvalue weighted by Gasteiger charge is -2.33. The summed E-state index contributed by atoms with van der Waals surface area (Å²) >= 11 is 0. The van der Waals surface area contributed by atoms with Crippen LogP contribution in [0.15, 0.2) is 60.7 Å². The van der Waals surface area contributed by atoms with Gasteiger partial charge in [-0.1, -0.05) is 36.4 Å². The van der Waals surface area contributed by atoms with Gasteiger partial charge in [-0.25, -0.2) is 4.39 Å². The van der Waals surface area contributed by atoms with E-state index in [2.05, 4.69) is 27.6 Å². The Hall–Kier alpha value is -3.19. The molecule has 0 saturated carbocycles. The van der Waals surface area contributed by atoms with E-state index in [9.17, 15) is 9.18 Å². The van der Waals surface area contributed by atoms with E-state index in [0.29, 0.717) is 30.2 Å². The third-order valence-electron chi connectivity index (χ3n) is 4.71. The quantitative estimate of drug-likeness (QED) is 0.714. The highest BCUT2D eigenvalue weighted by molar-refractivity contribution is 5.92. The molecule has 1 atom stereocenters. The molecule has 3 aromatic rings. The van der Waals surface area contributed by atoms with Gasteiger partial charge < -0.3 is 15.0 Å². The molecule has 0 radical (unpaired) electrons. The van der Waals surface area contributed by atoms with Crippen molar-refractivity contribution in [1.82, 2.24) is 20.4 Å². The summed E-state index contributed by atoms with van der Waals surface area (Å²) < 4.78 is 18.7. The Kier molecular flexibility index (Phi) is 5.34. The number of rotatable bonds is 5. The molecule has 1 aliphatic rings. The molecule has 1 fully saturated rings. The van der Waals surface area contributed by atoms with E-state index in [1.165, 1.54) is 12.1 Å². The zero-order chi connectivity index (χ0) is 19.3. The molecular formula is C21H21FN4O2. The molecule has 144 valence electrons. The van der Waals surface area contributed by atoms with Crippen LogP contribution in [0.2, 0.25) is 0 Å². The van der Waals surface area contributed by atoms with Crippen molar-refractivity contribution in [3.63, 3.8) is 0 Å². The van der Waals surface area contributed by atoms with Crippen molar-refractivity contribution >= 4 is 5.91 Å². The minimum atomic E-state index is -0.357. The third kappa shape index (κ3) is 4.20. The summed E-state index contributed by atoms with van der Waals surface area (Å²) in [5, 5.41) is 10.4. The van der Waals surface area contributed by atoms with E-state index >= 15 is 0 Å². The second-order valence-electron chi connectivity index (χ2n) is 6.69. The van der Waals surface area contributed by atoms with E-state index in [-0.39, 0.29) is 24.4 Å². The lowest BCUT2D eigenvalue weighted by atomic mass is 10.0. The molecule has 0 bridgehead atoms. The third-order valence-corrected chi connectivity index (χ3v) is 4.71. The zero-order valence-corrected chi connectivity index (χ0v) is 15.3. The van der Waals surface area contributed by atoms with Gasteiger partial charge in [-0.3, -0.25) is 9.89 Å². The maximum Gasteiger partial charge on any atom is 0.274 e. The van der Waals surface area contributed by atoms with Crippen LogP contribution in [0.3, 0.4) is 0 Å². The van der Waals surface area contributed by atoms with Crippen molar-refractivity contribution in [2.24, 2.45) is 0 Å². The van der Waals surface area contributed by atoms with E-state index in [1.54, 1.807) is 18.2 Å². The Bertz CT molecular complexity index is 944. The number of H-pyrrole nitrogens is 1. The minimum Gasteiger partial charge on any atom is -0.487 e. The molecular weight excluding hydrogens is 359 g/mol. The van der Waals surface area contributed by atoms with Crippen LogP contribution in [0, 0.1) is 5.82 Å². The highest BCUT2D eigenvalue weighted by Crippen LogP contribution is 2.19. The summed E-state index contributed by atoms with van der Waals surface area (Å²) in [4.78, 5) is 14.6. The molecule has 6 nitrogen and oxygen atoms in total. The number of aromatic amines is 1. The fourth-order valence-electron chi connectivity index (χ4n) is 3.27. The zero-order valence-electron chi connectivity index (χ0n) is 15.3. The lowest BCUT2D eigenvalue weighted by molar-refractivity contribution is 0.0697. The maximum atomic E-state index is 13.2. The summed E-state index contributed by atoms with van der Waals surface area (Å²) in [5.41, 5.74) is 2.17. The molecule has 0 unspecified atom stereocenters. The Morgan fingerprint density at radius 2 is 2.04 bits per heavy atom. The molecule has 1 aliphatic heterocycles. The number of amides is 1. The number of hydrogen-bond acceptors (Lipinski definition) is 4. The van der Waals surface area contributed by atoms with Gasteiger partial charge in [0.2, 0.25) is 0 Å². The number of nitrogens with zero attached hydrogens (tertiary/aromatic N) is 2. The number of aromatic nitrogens is 2. The van der Waals surface area contributed by atoms with Gasteiger partial charge in [-0.05, 0) is 23.8 Å². The van der Waals surface area contributed by atoms with E-state index in [0.717, 1.165) is 12.1 Å². The van der Waals surface area contributed by atoms with Crippen LogP contribution in [-0.2, 0) is 6.61 Å². The first kappa shape index (κ1) is 18.2. The molecule has 28 heavy (non-hydrogen) atoms. The fourth-order valence-corrected chi connectivity index (χ4v) is 3.27. The second kappa shape index (κ2) is 8.22. The van der Waals surface area contributed by atoms with Crippen LogP contribution < -0.4 is 10.1 Å². The molecule has 2 heterocycles. The Morgan fingerprint density at radius 3 is 2.86 bits per heavy atom. The molecule has 1 aromatic heterocycles. The van der Waals surface area contributed by atoms with Gasteiger partial charge in [-0.2, -0.15) is 5.10 Å². The predicted octanol–water partition coefficient (Wildman–Crippen LogP) is 2.91. The smallest absolute Gasteiger partial charge is 0.274 e. The normalized spacial score (nSPS) is 16.8. The average molecular weight is 380 g/mol. The first-order valence-corrected chi connectivity index (χ1v) is 9.19. The highest BCUT2D eigenvalue weighted by atomic mass is 19.1. The van der Waals surface area contributed by atoms with Crippen LogP contribution in [0.4, 0.5) is 4.39 Å². The van der Waals surface area contributed by atoms with Gasteiger partial charge in [0.05, 0.1) is 5.69 Å². The van der Waals surface area contributed by atoms with Crippen molar-refractivity contribution in [3.8, 4) is 5.75 Å². The van der Waals surface area contributed by atoms with Crippen molar-refractivity contribution in [2.45, 2.75) is 12.6 Å². The first-order chi connectivity index (χ1) is 13.7. The molecule has 2 N–H and O–H groups in total. The van der Waals surface area contributed by atoms with Crippen molar-refractivity contribution in [2.75, 3.05) is 19.6 Å². The molecule has 1 saturated heterocycles. The number of ether oxygens (including phenoxy) is 1. The van der Waals surface area contributed by atoms with E-state index in [1.807, 2.05) is 23.1 Å². The summed E-state index contributed by atoms with van der Waals surface area (Å²) in [6.07, 6.45) is 0. The van der Waals surface area contributed by atoms with E-state index in [4.69, 9.17) is 4.74 Å². The number of piperazine rings is 1. The highest BCUT2D eigenvalue weighted by Gasteiger charge is 2.26. The number of carbonyl (C=O) groups excluding carboxylic acids is 1. The Balaban J connectivity index is 1.38. The number of halogens is 1. The van der Waals surface area contributed by atoms with Crippen LogP contribution in [-0.4, -0.2) is 40.6 Å². The van der Waals surface area contributed by atoms with E-state index < -0.39 is 0 Å². The standard InChI is InChI=1S/C21H21FN4O2/c22-16-7-4-8-18(11-16)28-14-17-12-19(25-24-17)21(27)26-10-9-23-20(13-26)15-5-2-1-3-6-15/h1-8,11-12,20,23H,9-10,13-14H2,(H,24,25)/t20-/m1/s1. The van der Waals surface area contributed by atoms with Crippen molar-refractivity contribution < 1.29 is 13.9 Å². The van der Waals surface area contributed by atoms with Gasteiger partial charge >= 0.3 is 0 Å². The Morgan fingerprint density at radius 1 is 1.18 bits per heavy atom. The molecule has 0 aliphatic carbocycles. The minimum absolute atomic E-state index is 0.105. The van der Waals surface area contributed by atoms with Crippen LogP contribution in [0.1, 0.15) is 27.8 Å². The second-order valence-corrected chi connectivity index (χ2v) is 6.69. The maximum absolute atomic E-state index is 13.2. The van der Waals surface area contributed by atoms with Crippen molar-refractivity contribution in [3.05, 3.63) is 83.4 Å². The largest absolute Gasteiger partial charge is 0.487 e. The summed E-state index contributed by atoms with van der Waals surface area (Å²) in [7, 11) is 0. The molecule has 4 rings (SSSR count). The number of benzene rings is 2. The van der Waals surface area contributed by atoms with Gasteiger partial charge in [0.25, 0.3) is 5.91 Å². The van der Waals surface area contributed by atoms with Gasteiger partial charge in [-0.15, -0.1) is 0 Å². The van der Waals surface area contributed by atoms with Crippen LogP contribution in [0.5, 0.6) is 5.75 Å². The summed E-state index contributed by atoms with van der Waals surface area (Å²) in [6.45, 7) is 2.12. The molecule has 7 heteroatoms. The molecule has 1 amide bonds. The predicted molar refractivity (Wildman–Crippen MR) is 102 cm³/mol. The van der Waals surface area contributed by atoms with Gasteiger partial charge in [0, 0.05) is 31.7 Å². The van der Waals surface area contributed by atoms with Crippen LogP contribution in [0.25, 0.3) is 0 Å². The number of nitrogens with one attached hydrogen (secondary N) is 2. The summed E-state index contributed by atoms with van der Waals surface area (Å²) in [5.74, 6) is -0.0457. The number of hydrogen-bond donors (Lipinski definition) is 2. The average Bonchev–Trinajstić information content (AvgIpc) is 3.22. The SMILES string of the molecule is O=C(c1cc(COc2cccc(F)c2)[nH]n1)N1CCN[C@@H](c2ccccc2)C1. The molecule has 0 spiro atoms. The monoisotopic (exact) mass is 380 g/mol. The number of carbonyl (C=O) groups is 1. The van der Waals surface area contributed by atoms with Crippen molar-refractivity contribution in [1.29, 1.82) is 0 Å². The first-order valence-electron chi connectivity index (χ1n) is 9.19. The fraction of sp³-hybridized carbons (Fsp3) is 0.238. The summed E-state index contributed by atoms with van der Waals surface area (Å²) in [6, 6.07) is 17.8. The Labute approximate surface area is 162 Å².